The lowest BCUT2D eigenvalue weighted by Gasteiger charge is -2.34. The van der Waals surface area contributed by atoms with Gasteiger partial charge in [0, 0.05) is 33.1 Å². The van der Waals surface area contributed by atoms with Crippen LogP contribution in [0, 0.1) is 11.3 Å². The third-order valence-corrected chi connectivity index (χ3v) is 3.91. The van der Waals surface area contributed by atoms with Crippen LogP contribution in [0.3, 0.4) is 0 Å². The molecule has 0 spiro atoms. The molecule has 3 N–H and O–H groups in total. The topological polar surface area (TPSA) is 70.7 Å². The first-order valence-corrected chi connectivity index (χ1v) is 8.06. The molecule has 1 aliphatic rings. The summed E-state index contributed by atoms with van der Waals surface area (Å²) in [6, 6.07) is 0. The SMILES string of the molecule is CN=C(NCCCC(C)(C)C)N1CCCC(CC(N)=O)C1. The van der Waals surface area contributed by atoms with Crippen LogP contribution in [0.4, 0.5) is 0 Å². The summed E-state index contributed by atoms with van der Waals surface area (Å²) < 4.78 is 0. The number of nitrogens with zero attached hydrogens (tertiary/aromatic N) is 2. The van der Waals surface area contributed by atoms with Gasteiger partial charge >= 0.3 is 0 Å². The number of hydrogen-bond donors (Lipinski definition) is 2. The average Bonchev–Trinajstić information content (AvgIpc) is 2.37. The molecular formula is C16H32N4O. The Labute approximate surface area is 129 Å². The molecule has 21 heavy (non-hydrogen) atoms. The maximum absolute atomic E-state index is 11.1. The molecule has 122 valence electrons. The Balaban J connectivity index is 2.39. The summed E-state index contributed by atoms with van der Waals surface area (Å²) in [5.74, 6) is 1.12. The molecule has 5 heteroatoms. The van der Waals surface area contributed by atoms with Crippen LogP contribution in [0.2, 0.25) is 0 Å². The molecule has 0 saturated carbocycles. The van der Waals surface area contributed by atoms with Crippen molar-refractivity contribution in [2.45, 2.75) is 52.9 Å². The third-order valence-electron chi connectivity index (χ3n) is 3.91. The Morgan fingerprint density at radius 3 is 2.71 bits per heavy atom. The van der Waals surface area contributed by atoms with Crippen molar-refractivity contribution < 1.29 is 4.79 Å². The molecule has 0 radical (unpaired) electrons. The van der Waals surface area contributed by atoms with Crippen LogP contribution >= 0.6 is 0 Å². The second-order valence-corrected chi connectivity index (χ2v) is 7.26. The van der Waals surface area contributed by atoms with Gasteiger partial charge in [-0.05, 0) is 37.0 Å². The molecule has 1 fully saturated rings. The molecule has 1 amide bonds. The minimum atomic E-state index is -0.199. The lowest BCUT2D eigenvalue weighted by molar-refractivity contribution is -0.119. The van der Waals surface area contributed by atoms with Gasteiger partial charge < -0.3 is 16.0 Å². The van der Waals surface area contributed by atoms with Crippen LogP contribution < -0.4 is 11.1 Å². The van der Waals surface area contributed by atoms with Crippen LogP contribution in [0.5, 0.6) is 0 Å². The van der Waals surface area contributed by atoms with Crippen molar-refractivity contribution in [1.29, 1.82) is 0 Å². The van der Waals surface area contributed by atoms with Crippen molar-refractivity contribution in [3.63, 3.8) is 0 Å². The molecule has 1 atom stereocenters. The van der Waals surface area contributed by atoms with Crippen LogP contribution in [0.15, 0.2) is 4.99 Å². The Morgan fingerprint density at radius 1 is 1.43 bits per heavy atom. The van der Waals surface area contributed by atoms with Crippen molar-refractivity contribution in [3.05, 3.63) is 0 Å². The number of piperidine rings is 1. The number of rotatable bonds is 5. The van der Waals surface area contributed by atoms with Crippen LogP contribution in [0.25, 0.3) is 0 Å². The molecule has 1 aliphatic heterocycles. The molecule has 1 rings (SSSR count). The fraction of sp³-hybridized carbons (Fsp3) is 0.875. The maximum atomic E-state index is 11.1. The van der Waals surface area contributed by atoms with Gasteiger partial charge in [-0.25, -0.2) is 0 Å². The summed E-state index contributed by atoms with van der Waals surface area (Å²) in [5, 5.41) is 3.45. The number of nitrogens with two attached hydrogens (primary N) is 1. The Hall–Kier alpha value is -1.26. The van der Waals surface area contributed by atoms with Gasteiger partial charge in [0.2, 0.25) is 5.91 Å². The molecule has 1 heterocycles. The van der Waals surface area contributed by atoms with Crippen molar-refractivity contribution in [1.82, 2.24) is 10.2 Å². The molecule has 0 bridgehead atoms. The minimum absolute atomic E-state index is 0.199. The Bertz CT molecular complexity index is 360. The van der Waals surface area contributed by atoms with Crippen LogP contribution in [-0.4, -0.2) is 43.4 Å². The summed E-state index contributed by atoms with van der Waals surface area (Å²) in [7, 11) is 1.82. The number of nitrogens with one attached hydrogen (secondary N) is 1. The first-order valence-electron chi connectivity index (χ1n) is 8.06. The average molecular weight is 296 g/mol. The third kappa shape index (κ3) is 7.34. The molecule has 5 nitrogen and oxygen atoms in total. The highest BCUT2D eigenvalue weighted by molar-refractivity contribution is 5.80. The monoisotopic (exact) mass is 296 g/mol. The molecule has 0 aromatic heterocycles. The largest absolute Gasteiger partial charge is 0.370 e. The Kier molecular flexibility index (Phi) is 6.99. The van der Waals surface area contributed by atoms with E-state index < -0.39 is 0 Å². The van der Waals surface area contributed by atoms with Crippen LogP contribution in [-0.2, 0) is 4.79 Å². The first-order chi connectivity index (χ1) is 9.81. The molecule has 1 saturated heterocycles. The minimum Gasteiger partial charge on any atom is -0.370 e. The van der Waals surface area contributed by atoms with Crippen molar-refractivity contribution in [2.24, 2.45) is 22.1 Å². The van der Waals surface area contributed by atoms with E-state index in [1.54, 1.807) is 0 Å². The summed E-state index contributed by atoms with van der Waals surface area (Å²) in [6.45, 7) is 9.62. The number of amides is 1. The predicted octanol–water partition coefficient (Wildman–Crippen LogP) is 1.98. The van der Waals surface area contributed by atoms with E-state index in [4.69, 9.17) is 5.73 Å². The summed E-state index contributed by atoms with van der Waals surface area (Å²) in [4.78, 5) is 17.7. The molecule has 0 aromatic rings. The van der Waals surface area contributed by atoms with Gasteiger partial charge in [-0.3, -0.25) is 9.79 Å². The van der Waals surface area contributed by atoms with Gasteiger partial charge in [0.05, 0.1) is 0 Å². The molecule has 1 unspecified atom stereocenters. The fourth-order valence-electron chi connectivity index (χ4n) is 2.86. The van der Waals surface area contributed by atoms with E-state index in [1.165, 1.54) is 6.42 Å². The predicted molar refractivity (Wildman–Crippen MR) is 88.2 cm³/mol. The van der Waals surface area contributed by atoms with Crippen LogP contribution in [0.1, 0.15) is 52.9 Å². The van der Waals surface area contributed by atoms with Gasteiger partial charge in [-0.2, -0.15) is 0 Å². The molecule has 0 aromatic carbocycles. The number of primary amides is 1. The highest BCUT2D eigenvalue weighted by atomic mass is 16.1. The smallest absolute Gasteiger partial charge is 0.217 e. The van der Waals surface area contributed by atoms with Gasteiger partial charge in [0.1, 0.15) is 0 Å². The van der Waals surface area contributed by atoms with Gasteiger partial charge in [0.25, 0.3) is 0 Å². The van der Waals surface area contributed by atoms with E-state index in [0.717, 1.165) is 44.9 Å². The van der Waals surface area contributed by atoms with Crippen molar-refractivity contribution in [2.75, 3.05) is 26.7 Å². The normalized spacial score (nSPS) is 20.5. The van der Waals surface area contributed by atoms with E-state index in [0.29, 0.717) is 17.8 Å². The number of carbonyl (C=O) groups is 1. The van der Waals surface area contributed by atoms with E-state index >= 15 is 0 Å². The second-order valence-electron chi connectivity index (χ2n) is 7.26. The van der Waals surface area contributed by atoms with Gasteiger partial charge in [-0.1, -0.05) is 20.8 Å². The van der Waals surface area contributed by atoms with Crippen molar-refractivity contribution >= 4 is 11.9 Å². The maximum Gasteiger partial charge on any atom is 0.217 e. The highest BCUT2D eigenvalue weighted by Gasteiger charge is 2.23. The Morgan fingerprint density at radius 2 is 2.14 bits per heavy atom. The quantitative estimate of drug-likeness (QED) is 0.463. The standard InChI is InChI=1S/C16H32N4O/c1-16(2,3)8-6-9-19-15(18-4)20-10-5-7-13(12-20)11-14(17)21/h13H,5-12H2,1-4H3,(H2,17,21)(H,18,19). The fourth-order valence-corrected chi connectivity index (χ4v) is 2.86. The molecular weight excluding hydrogens is 264 g/mol. The number of aliphatic imine (C=N–C) groups is 1. The zero-order chi connectivity index (χ0) is 15.9. The summed E-state index contributed by atoms with van der Waals surface area (Å²) in [6.07, 6.45) is 5.00. The zero-order valence-electron chi connectivity index (χ0n) is 14.1. The zero-order valence-corrected chi connectivity index (χ0v) is 14.1. The summed E-state index contributed by atoms with van der Waals surface area (Å²) in [5.41, 5.74) is 5.69. The number of hydrogen-bond acceptors (Lipinski definition) is 2. The number of likely N-dealkylation sites (tertiary alicyclic amines) is 1. The molecule has 0 aliphatic carbocycles. The number of carbonyl (C=O) groups excluding carboxylic acids is 1. The number of guanidine groups is 1. The van der Waals surface area contributed by atoms with E-state index in [2.05, 4.69) is 36.0 Å². The van der Waals surface area contributed by atoms with E-state index in [-0.39, 0.29) is 5.91 Å². The first kappa shape index (κ1) is 17.8. The van der Waals surface area contributed by atoms with E-state index in [9.17, 15) is 4.79 Å². The highest BCUT2D eigenvalue weighted by Crippen LogP contribution is 2.21. The summed E-state index contributed by atoms with van der Waals surface area (Å²) >= 11 is 0. The van der Waals surface area contributed by atoms with E-state index in [1.807, 2.05) is 7.05 Å². The van der Waals surface area contributed by atoms with Crippen molar-refractivity contribution in [3.8, 4) is 0 Å². The second kappa shape index (κ2) is 8.25. The van der Waals surface area contributed by atoms with Gasteiger partial charge in [-0.15, -0.1) is 0 Å². The lowest BCUT2D eigenvalue weighted by atomic mass is 9.91. The lowest BCUT2D eigenvalue weighted by Crippen LogP contribution is -2.47. The van der Waals surface area contributed by atoms with Gasteiger partial charge in [0.15, 0.2) is 5.96 Å².